The highest BCUT2D eigenvalue weighted by molar-refractivity contribution is 5.76. The molecule has 0 spiro atoms. The molecule has 3 heteroatoms. The maximum atomic E-state index is 12.2. The third-order valence-corrected chi connectivity index (χ3v) is 5.18. The van der Waals surface area contributed by atoms with Crippen molar-refractivity contribution in [2.75, 3.05) is 13.1 Å². The molecule has 0 bridgehead atoms. The number of rotatable bonds is 4. The molecule has 0 aromatic carbocycles. The number of amides is 1. The van der Waals surface area contributed by atoms with E-state index in [2.05, 4.69) is 18.7 Å². The zero-order chi connectivity index (χ0) is 13.8. The first-order valence-corrected chi connectivity index (χ1v) is 8.09. The Kier molecular flexibility index (Phi) is 5.26. The van der Waals surface area contributed by atoms with Crippen molar-refractivity contribution in [2.24, 2.45) is 23.5 Å². The third-order valence-electron chi connectivity index (χ3n) is 5.18. The summed E-state index contributed by atoms with van der Waals surface area (Å²) in [5.74, 6) is 2.56. The molecule has 110 valence electrons. The average molecular weight is 266 g/mol. The largest absolute Gasteiger partial charge is 0.342 e. The van der Waals surface area contributed by atoms with E-state index in [1.807, 2.05) is 0 Å². The van der Waals surface area contributed by atoms with E-state index in [-0.39, 0.29) is 0 Å². The predicted octanol–water partition coefficient (Wildman–Crippen LogP) is 2.79. The lowest BCUT2D eigenvalue weighted by Gasteiger charge is -2.26. The topological polar surface area (TPSA) is 46.3 Å². The summed E-state index contributed by atoms with van der Waals surface area (Å²) in [4.78, 5) is 14.3. The predicted molar refractivity (Wildman–Crippen MR) is 78.7 cm³/mol. The number of nitrogens with two attached hydrogens (primary N) is 1. The summed E-state index contributed by atoms with van der Waals surface area (Å²) in [7, 11) is 0. The van der Waals surface area contributed by atoms with Crippen LogP contribution in [-0.2, 0) is 4.79 Å². The van der Waals surface area contributed by atoms with E-state index in [1.54, 1.807) is 0 Å². The summed E-state index contributed by atoms with van der Waals surface area (Å²) in [5.41, 5.74) is 5.92. The lowest BCUT2D eigenvalue weighted by molar-refractivity contribution is -0.130. The van der Waals surface area contributed by atoms with E-state index in [0.717, 1.165) is 50.6 Å². The smallest absolute Gasteiger partial charge is 0.222 e. The Balaban J connectivity index is 1.67. The van der Waals surface area contributed by atoms with E-state index in [9.17, 15) is 4.79 Å². The second-order valence-electron chi connectivity index (χ2n) is 6.95. The summed E-state index contributed by atoms with van der Waals surface area (Å²) >= 11 is 0. The summed E-state index contributed by atoms with van der Waals surface area (Å²) in [6.45, 7) is 6.51. The maximum Gasteiger partial charge on any atom is 0.222 e. The molecular formula is C16H30N2O. The lowest BCUT2D eigenvalue weighted by Crippen LogP contribution is -2.30. The van der Waals surface area contributed by atoms with Crippen molar-refractivity contribution in [3.63, 3.8) is 0 Å². The van der Waals surface area contributed by atoms with E-state index < -0.39 is 0 Å². The number of hydrogen-bond acceptors (Lipinski definition) is 2. The van der Waals surface area contributed by atoms with Crippen LogP contribution in [0.25, 0.3) is 0 Å². The Bertz CT molecular complexity index is 295. The molecule has 1 saturated carbocycles. The van der Waals surface area contributed by atoms with Crippen molar-refractivity contribution >= 4 is 5.91 Å². The Morgan fingerprint density at radius 3 is 2.47 bits per heavy atom. The van der Waals surface area contributed by atoms with Crippen molar-refractivity contribution in [3.05, 3.63) is 0 Å². The van der Waals surface area contributed by atoms with Crippen LogP contribution in [0.1, 0.15) is 58.8 Å². The van der Waals surface area contributed by atoms with Gasteiger partial charge in [0.05, 0.1) is 0 Å². The van der Waals surface area contributed by atoms with E-state index >= 15 is 0 Å². The lowest BCUT2D eigenvalue weighted by atomic mass is 9.84. The highest BCUT2D eigenvalue weighted by Crippen LogP contribution is 2.28. The van der Waals surface area contributed by atoms with Gasteiger partial charge in [-0.25, -0.2) is 0 Å². The van der Waals surface area contributed by atoms with E-state index in [1.165, 1.54) is 19.3 Å². The fraction of sp³-hybridized carbons (Fsp3) is 0.938. The normalized spacial score (nSPS) is 32.0. The zero-order valence-electron chi connectivity index (χ0n) is 12.6. The standard InChI is InChI=1S/C16H30N2O/c1-12(2)14-9-10-18(11-14)16(19)8-5-13-3-6-15(17)7-4-13/h12-15H,3-11,17H2,1-2H3. The van der Waals surface area contributed by atoms with Crippen LogP contribution in [0.3, 0.4) is 0 Å². The molecule has 0 aromatic rings. The molecule has 1 unspecified atom stereocenters. The van der Waals surface area contributed by atoms with Crippen LogP contribution in [0.5, 0.6) is 0 Å². The molecule has 2 rings (SSSR count). The van der Waals surface area contributed by atoms with Crippen LogP contribution in [-0.4, -0.2) is 29.9 Å². The minimum atomic E-state index is 0.387. The minimum Gasteiger partial charge on any atom is -0.342 e. The number of carbonyl (C=O) groups is 1. The SMILES string of the molecule is CC(C)C1CCN(C(=O)CCC2CCC(N)CC2)C1. The summed E-state index contributed by atoms with van der Waals surface area (Å²) < 4.78 is 0. The van der Waals surface area contributed by atoms with Crippen molar-refractivity contribution < 1.29 is 4.79 Å². The molecule has 2 aliphatic rings. The molecular weight excluding hydrogens is 236 g/mol. The van der Waals surface area contributed by atoms with Crippen molar-refractivity contribution in [2.45, 2.75) is 64.8 Å². The number of nitrogens with zero attached hydrogens (tertiary/aromatic N) is 1. The fourth-order valence-electron chi connectivity index (χ4n) is 3.52. The highest BCUT2D eigenvalue weighted by atomic mass is 16.2. The molecule has 1 aliphatic carbocycles. The fourth-order valence-corrected chi connectivity index (χ4v) is 3.52. The summed E-state index contributed by atoms with van der Waals surface area (Å²) in [6.07, 6.45) is 7.78. The van der Waals surface area contributed by atoms with Gasteiger partial charge in [-0.1, -0.05) is 13.8 Å². The average Bonchev–Trinajstić information content (AvgIpc) is 2.87. The van der Waals surface area contributed by atoms with Crippen LogP contribution in [0.2, 0.25) is 0 Å². The van der Waals surface area contributed by atoms with Gasteiger partial charge >= 0.3 is 0 Å². The molecule has 3 nitrogen and oxygen atoms in total. The van der Waals surface area contributed by atoms with Crippen LogP contribution < -0.4 is 5.73 Å². The van der Waals surface area contributed by atoms with Gasteiger partial charge < -0.3 is 10.6 Å². The Labute approximate surface area is 117 Å². The van der Waals surface area contributed by atoms with Crippen LogP contribution >= 0.6 is 0 Å². The first-order chi connectivity index (χ1) is 9.06. The second-order valence-corrected chi connectivity index (χ2v) is 6.95. The number of hydrogen-bond donors (Lipinski definition) is 1. The van der Waals surface area contributed by atoms with Gasteiger partial charge in [0.1, 0.15) is 0 Å². The van der Waals surface area contributed by atoms with Gasteiger partial charge in [-0.05, 0) is 56.3 Å². The minimum absolute atomic E-state index is 0.387. The maximum absolute atomic E-state index is 12.2. The van der Waals surface area contributed by atoms with Crippen LogP contribution in [0, 0.1) is 17.8 Å². The summed E-state index contributed by atoms with van der Waals surface area (Å²) in [5, 5.41) is 0. The van der Waals surface area contributed by atoms with Crippen molar-refractivity contribution in [1.29, 1.82) is 0 Å². The highest BCUT2D eigenvalue weighted by Gasteiger charge is 2.28. The van der Waals surface area contributed by atoms with Crippen LogP contribution in [0.15, 0.2) is 0 Å². The molecule has 1 amide bonds. The van der Waals surface area contributed by atoms with Gasteiger partial charge in [0.2, 0.25) is 5.91 Å². The Hall–Kier alpha value is -0.570. The molecule has 1 saturated heterocycles. The van der Waals surface area contributed by atoms with Crippen molar-refractivity contribution in [3.8, 4) is 0 Å². The first kappa shape index (κ1) is 14.8. The summed E-state index contributed by atoms with van der Waals surface area (Å²) in [6, 6.07) is 0.414. The van der Waals surface area contributed by atoms with Gasteiger partial charge in [-0.3, -0.25) is 4.79 Å². The van der Waals surface area contributed by atoms with E-state index in [4.69, 9.17) is 5.73 Å². The van der Waals surface area contributed by atoms with Gasteiger partial charge in [-0.2, -0.15) is 0 Å². The quantitative estimate of drug-likeness (QED) is 0.850. The van der Waals surface area contributed by atoms with Gasteiger partial charge in [-0.15, -0.1) is 0 Å². The molecule has 1 atom stereocenters. The third kappa shape index (κ3) is 4.20. The zero-order valence-corrected chi connectivity index (χ0v) is 12.6. The van der Waals surface area contributed by atoms with Gasteiger partial charge in [0.15, 0.2) is 0 Å². The molecule has 2 fully saturated rings. The number of likely N-dealkylation sites (tertiary alicyclic amines) is 1. The van der Waals surface area contributed by atoms with E-state index in [0.29, 0.717) is 17.9 Å². The monoisotopic (exact) mass is 266 g/mol. The molecule has 0 aromatic heterocycles. The first-order valence-electron chi connectivity index (χ1n) is 8.09. The second kappa shape index (κ2) is 6.74. The van der Waals surface area contributed by atoms with Crippen molar-refractivity contribution in [1.82, 2.24) is 4.90 Å². The molecule has 1 aliphatic heterocycles. The molecule has 0 radical (unpaired) electrons. The molecule has 1 heterocycles. The van der Waals surface area contributed by atoms with Gasteiger partial charge in [0, 0.05) is 25.6 Å². The van der Waals surface area contributed by atoms with Gasteiger partial charge in [0.25, 0.3) is 0 Å². The van der Waals surface area contributed by atoms with Crippen LogP contribution in [0.4, 0.5) is 0 Å². The Morgan fingerprint density at radius 1 is 1.21 bits per heavy atom. The molecule has 19 heavy (non-hydrogen) atoms. The molecule has 2 N–H and O–H groups in total. The Morgan fingerprint density at radius 2 is 1.89 bits per heavy atom. The number of carbonyl (C=O) groups excluding carboxylic acids is 1.